The lowest BCUT2D eigenvalue weighted by atomic mass is 10.2. The molecule has 7 heteroatoms. The van der Waals surface area contributed by atoms with Crippen LogP contribution in [0.5, 0.6) is 0 Å². The van der Waals surface area contributed by atoms with Gasteiger partial charge < -0.3 is 19.9 Å². The third-order valence-corrected chi connectivity index (χ3v) is 4.36. The molecule has 1 aliphatic heterocycles. The molecule has 27 heavy (non-hydrogen) atoms. The predicted octanol–water partition coefficient (Wildman–Crippen LogP) is 1.78. The summed E-state index contributed by atoms with van der Waals surface area (Å²) in [4.78, 5) is 17.9. The Kier molecular flexibility index (Phi) is 7.41. The Labute approximate surface area is 161 Å². The van der Waals surface area contributed by atoms with Crippen molar-refractivity contribution >= 4 is 11.9 Å². The van der Waals surface area contributed by atoms with Gasteiger partial charge in [0.05, 0.1) is 19.8 Å². The lowest BCUT2D eigenvalue weighted by Gasteiger charge is -2.36. The van der Waals surface area contributed by atoms with Crippen LogP contribution in [0.1, 0.15) is 12.5 Å². The maximum absolute atomic E-state index is 5.73. The van der Waals surface area contributed by atoms with Crippen LogP contribution in [0.2, 0.25) is 0 Å². The van der Waals surface area contributed by atoms with Crippen molar-refractivity contribution in [2.45, 2.75) is 13.5 Å². The number of aromatic nitrogens is 2. The van der Waals surface area contributed by atoms with E-state index in [0.717, 1.165) is 44.6 Å². The van der Waals surface area contributed by atoms with Gasteiger partial charge in [-0.25, -0.2) is 9.97 Å². The Morgan fingerprint density at radius 3 is 2.52 bits per heavy atom. The van der Waals surface area contributed by atoms with Crippen molar-refractivity contribution in [3.63, 3.8) is 0 Å². The van der Waals surface area contributed by atoms with E-state index in [1.165, 1.54) is 5.56 Å². The molecule has 1 fully saturated rings. The molecule has 1 aromatic carbocycles. The van der Waals surface area contributed by atoms with E-state index >= 15 is 0 Å². The van der Waals surface area contributed by atoms with Crippen molar-refractivity contribution in [2.24, 2.45) is 4.99 Å². The molecule has 2 heterocycles. The van der Waals surface area contributed by atoms with E-state index in [1.54, 1.807) is 12.4 Å². The first-order chi connectivity index (χ1) is 13.4. The minimum Gasteiger partial charge on any atom is -0.375 e. The number of nitrogens with zero attached hydrogens (tertiary/aromatic N) is 5. The van der Waals surface area contributed by atoms with Gasteiger partial charge in [-0.15, -0.1) is 0 Å². The summed E-state index contributed by atoms with van der Waals surface area (Å²) in [7, 11) is 0. The molecule has 0 radical (unpaired) electrons. The van der Waals surface area contributed by atoms with Gasteiger partial charge in [0.25, 0.3) is 0 Å². The second-order valence-corrected chi connectivity index (χ2v) is 6.30. The van der Waals surface area contributed by atoms with Crippen LogP contribution in [0, 0.1) is 0 Å². The number of anilines is 1. The van der Waals surface area contributed by atoms with Crippen LogP contribution in [0.25, 0.3) is 0 Å². The van der Waals surface area contributed by atoms with Crippen molar-refractivity contribution in [3.8, 4) is 0 Å². The number of hydrogen-bond donors (Lipinski definition) is 1. The summed E-state index contributed by atoms with van der Waals surface area (Å²) in [5, 5.41) is 3.39. The molecule has 0 aliphatic carbocycles. The first-order valence-electron chi connectivity index (χ1n) is 9.53. The number of piperazine rings is 1. The van der Waals surface area contributed by atoms with Crippen molar-refractivity contribution in [1.82, 2.24) is 20.2 Å². The summed E-state index contributed by atoms with van der Waals surface area (Å²) in [6, 6.07) is 12.1. The molecule has 3 rings (SSSR count). The topological polar surface area (TPSA) is 65.9 Å². The van der Waals surface area contributed by atoms with Gasteiger partial charge in [-0.2, -0.15) is 0 Å². The maximum atomic E-state index is 5.73. The molecule has 1 aliphatic rings. The smallest absolute Gasteiger partial charge is 0.225 e. The summed E-state index contributed by atoms with van der Waals surface area (Å²) >= 11 is 0. The molecule has 1 saturated heterocycles. The van der Waals surface area contributed by atoms with E-state index in [1.807, 2.05) is 24.3 Å². The van der Waals surface area contributed by atoms with E-state index in [-0.39, 0.29) is 0 Å². The van der Waals surface area contributed by atoms with E-state index in [4.69, 9.17) is 9.73 Å². The summed E-state index contributed by atoms with van der Waals surface area (Å²) in [6.45, 7) is 8.41. The Hall–Kier alpha value is -2.67. The molecule has 0 spiro atoms. The molecule has 0 amide bonds. The van der Waals surface area contributed by atoms with Crippen LogP contribution in [0.4, 0.5) is 5.95 Å². The molecular weight excluding hydrogens is 340 g/mol. The van der Waals surface area contributed by atoms with Gasteiger partial charge in [-0.05, 0) is 18.6 Å². The Morgan fingerprint density at radius 2 is 1.81 bits per heavy atom. The second-order valence-electron chi connectivity index (χ2n) is 6.30. The van der Waals surface area contributed by atoms with Crippen molar-refractivity contribution in [1.29, 1.82) is 0 Å². The van der Waals surface area contributed by atoms with Crippen LogP contribution >= 0.6 is 0 Å². The fourth-order valence-electron chi connectivity index (χ4n) is 2.98. The van der Waals surface area contributed by atoms with Gasteiger partial charge in [-0.3, -0.25) is 4.99 Å². The predicted molar refractivity (Wildman–Crippen MR) is 108 cm³/mol. The molecule has 0 bridgehead atoms. The summed E-state index contributed by atoms with van der Waals surface area (Å²) in [5.74, 6) is 1.75. The fourth-order valence-corrected chi connectivity index (χ4v) is 2.98. The number of hydrogen-bond acceptors (Lipinski definition) is 5. The summed E-state index contributed by atoms with van der Waals surface area (Å²) in [6.07, 6.45) is 3.57. The van der Waals surface area contributed by atoms with Gasteiger partial charge in [0, 0.05) is 45.1 Å². The molecule has 0 saturated carbocycles. The molecule has 1 N–H and O–H groups in total. The molecule has 144 valence electrons. The SMILES string of the molecule is CCNC(=NCCOCc1ccccc1)N1CCN(c2ncccn2)CC1. The van der Waals surface area contributed by atoms with Gasteiger partial charge in [0.15, 0.2) is 5.96 Å². The number of rotatable bonds is 7. The van der Waals surface area contributed by atoms with Crippen LogP contribution in [0.3, 0.4) is 0 Å². The number of nitrogens with one attached hydrogen (secondary N) is 1. The van der Waals surface area contributed by atoms with Gasteiger partial charge in [0.1, 0.15) is 0 Å². The van der Waals surface area contributed by atoms with Gasteiger partial charge >= 0.3 is 0 Å². The Bertz CT molecular complexity index is 686. The highest BCUT2D eigenvalue weighted by molar-refractivity contribution is 5.80. The zero-order valence-corrected chi connectivity index (χ0v) is 15.9. The molecule has 0 unspecified atom stereocenters. The van der Waals surface area contributed by atoms with Gasteiger partial charge in [-0.1, -0.05) is 30.3 Å². The summed E-state index contributed by atoms with van der Waals surface area (Å²) < 4.78 is 5.73. The molecule has 0 atom stereocenters. The Morgan fingerprint density at radius 1 is 1.07 bits per heavy atom. The highest BCUT2D eigenvalue weighted by Crippen LogP contribution is 2.09. The van der Waals surface area contributed by atoms with E-state index < -0.39 is 0 Å². The van der Waals surface area contributed by atoms with Crippen LogP contribution < -0.4 is 10.2 Å². The standard InChI is InChI=1S/C20H28N6O/c1-2-21-19(24-11-16-27-17-18-7-4-3-5-8-18)25-12-14-26(15-13-25)20-22-9-6-10-23-20/h3-10H,2,11-17H2,1H3,(H,21,24). The largest absolute Gasteiger partial charge is 0.375 e. The Balaban J connectivity index is 1.45. The van der Waals surface area contributed by atoms with Crippen LogP contribution in [-0.2, 0) is 11.3 Å². The first-order valence-corrected chi connectivity index (χ1v) is 9.53. The van der Waals surface area contributed by atoms with Crippen LogP contribution in [0.15, 0.2) is 53.8 Å². The van der Waals surface area contributed by atoms with E-state index in [2.05, 4.69) is 44.1 Å². The normalized spacial score (nSPS) is 15.1. The lowest BCUT2D eigenvalue weighted by Crippen LogP contribution is -2.53. The van der Waals surface area contributed by atoms with Crippen molar-refractivity contribution < 1.29 is 4.74 Å². The highest BCUT2D eigenvalue weighted by atomic mass is 16.5. The minimum atomic E-state index is 0.613. The first kappa shape index (κ1) is 19.1. The van der Waals surface area contributed by atoms with Gasteiger partial charge in [0.2, 0.25) is 5.95 Å². The average molecular weight is 368 g/mol. The third kappa shape index (κ3) is 5.92. The van der Waals surface area contributed by atoms with Crippen molar-refractivity contribution in [3.05, 3.63) is 54.4 Å². The van der Waals surface area contributed by atoms with E-state index in [0.29, 0.717) is 19.8 Å². The number of ether oxygens (including phenoxy) is 1. The number of guanidine groups is 1. The number of benzene rings is 1. The van der Waals surface area contributed by atoms with Crippen molar-refractivity contribution in [2.75, 3.05) is 50.8 Å². The van der Waals surface area contributed by atoms with Crippen LogP contribution in [-0.4, -0.2) is 66.7 Å². The maximum Gasteiger partial charge on any atom is 0.225 e. The summed E-state index contributed by atoms with van der Waals surface area (Å²) in [5.41, 5.74) is 1.19. The number of aliphatic imine (C=N–C) groups is 1. The third-order valence-electron chi connectivity index (χ3n) is 4.36. The highest BCUT2D eigenvalue weighted by Gasteiger charge is 2.20. The zero-order valence-electron chi connectivity index (χ0n) is 15.9. The molecule has 1 aromatic heterocycles. The molecular formula is C20H28N6O. The monoisotopic (exact) mass is 368 g/mol. The minimum absolute atomic E-state index is 0.613. The average Bonchev–Trinajstić information content (AvgIpc) is 2.74. The molecule has 7 nitrogen and oxygen atoms in total. The second kappa shape index (κ2) is 10.5. The van der Waals surface area contributed by atoms with E-state index in [9.17, 15) is 0 Å². The lowest BCUT2D eigenvalue weighted by molar-refractivity contribution is 0.128. The quantitative estimate of drug-likeness (QED) is 0.457. The molecule has 2 aromatic rings. The fraction of sp³-hybridized carbons (Fsp3) is 0.450. The zero-order chi connectivity index (χ0) is 18.7.